The summed E-state index contributed by atoms with van der Waals surface area (Å²) in [4.78, 5) is 0. The van der Waals surface area contributed by atoms with Crippen LogP contribution in [-0.2, 0) is 13.2 Å². The lowest BCUT2D eigenvalue weighted by atomic mass is 10.1. The molecule has 1 N–H and O–H groups in total. The van der Waals surface area contributed by atoms with E-state index in [9.17, 15) is 0 Å². The van der Waals surface area contributed by atoms with Crippen LogP contribution in [0, 0.1) is 6.92 Å². The molecule has 3 nitrogen and oxygen atoms in total. The number of nitrogens with one attached hydrogen (secondary N) is 1. The van der Waals surface area contributed by atoms with E-state index in [0.29, 0.717) is 34.7 Å². The van der Waals surface area contributed by atoms with Gasteiger partial charge in [-0.25, -0.2) is 0 Å². The molecule has 0 radical (unpaired) electrons. The number of benzene rings is 3. The van der Waals surface area contributed by atoms with Crippen molar-refractivity contribution < 1.29 is 9.47 Å². The number of hydrogen-bond acceptors (Lipinski definition) is 3. The maximum absolute atomic E-state index is 6.08. The number of aryl methyl sites for hydroxylation is 1. The Kier molecular flexibility index (Phi) is 6.49. The van der Waals surface area contributed by atoms with Crippen molar-refractivity contribution in [1.29, 1.82) is 0 Å². The van der Waals surface area contributed by atoms with Crippen LogP contribution in [-0.4, -0.2) is 7.11 Å². The Morgan fingerprint density at radius 2 is 1.67 bits per heavy atom. The zero-order valence-electron chi connectivity index (χ0n) is 15.3. The zero-order valence-corrected chi connectivity index (χ0v) is 16.8. The summed E-state index contributed by atoms with van der Waals surface area (Å²) in [6, 6.07) is 19.3. The summed E-state index contributed by atoms with van der Waals surface area (Å²) in [7, 11) is 1.64. The number of ether oxygens (including phenoxy) is 2. The van der Waals surface area contributed by atoms with E-state index in [1.807, 2.05) is 67.6 Å². The van der Waals surface area contributed by atoms with Crippen LogP contribution in [0.15, 0.2) is 60.7 Å². The van der Waals surface area contributed by atoms with Crippen molar-refractivity contribution >= 4 is 28.9 Å². The van der Waals surface area contributed by atoms with E-state index in [-0.39, 0.29) is 0 Å². The van der Waals surface area contributed by atoms with E-state index in [0.717, 1.165) is 22.4 Å². The SMILES string of the molecule is COc1cc(CNc2cc(Cl)ccc2C)ccc1OCc1cccc(Cl)c1. The highest BCUT2D eigenvalue weighted by molar-refractivity contribution is 6.31. The molecule has 0 aromatic heterocycles. The van der Waals surface area contributed by atoms with Gasteiger partial charge in [0.25, 0.3) is 0 Å². The van der Waals surface area contributed by atoms with Gasteiger partial charge in [0.2, 0.25) is 0 Å². The van der Waals surface area contributed by atoms with Gasteiger partial charge in [-0.05, 0) is 60.0 Å². The second-order valence-corrected chi connectivity index (χ2v) is 7.09. The van der Waals surface area contributed by atoms with Crippen LogP contribution in [0.5, 0.6) is 11.5 Å². The first-order chi connectivity index (χ1) is 13.0. The van der Waals surface area contributed by atoms with Gasteiger partial charge >= 0.3 is 0 Å². The second kappa shape index (κ2) is 9.03. The summed E-state index contributed by atoms with van der Waals surface area (Å²) in [5, 5.41) is 4.82. The van der Waals surface area contributed by atoms with Gasteiger partial charge in [-0.2, -0.15) is 0 Å². The Hall–Kier alpha value is -2.36. The minimum absolute atomic E-state index is 0.427. The van der Waals surface area contributed by atoms with E-state index < -0.39 is 0 Å². The summed E-state index contributed by atoms with van der Waals surface area (Å²) >= 11 is 12.1. The highest BCUT2D eigenvalue weighted by Gasteiger charge is 2.07. The summed E-state index contributed by atoms with van der Waals surface area (Å²) < 4.78 is 11.4. The first kappa shape index (κ1) is 19.4. The molecule has 3 aromatic rings. The van der Waals surface area contributed by atoms with Crippen LogP contribution in [0.2, 0.25) is 10.0 Å². The number of halogens is 2. The number of rotatable bonds is 7. The van der Waals surface area contributed by atoms with Crippen LogP contribution in [0.4, 0.5) is 5.69 Å². The zero-order chi connectivity index (χ0) is 19.2. The fourth-order valence-corrected chi connectivity index (χ4v) is 3.10. The lowest BCUT2D eigenvalue weighted by Gasteiger charge is -2.14. The van der Waals surface area contributed by atoms with Crippen LogP contribution in [0.3, 0.4) is 0 Å². The van der Waals surface area contributed by atoms with E-state index in [1.165, 1.54) is 0 Å². The molecule has 0 saturated heterocycles. The summed E-state index contributed by atoms with van der Waals surface area (Å²) in [6.07, 6.45) is 0. The fraction of sp³-hybridized carbons (Fsp3) is 0.182. The van der Waals surface area contributed by atoms with E-state index in [4.69, 9.17) is 32.7 Å². The van der Waals surface area contributed by atoms with Gasteiger partial charge in [0.05, 0.1) is 7.11 Å². The maximum atomic E-state index is 6.08. The molecule has 3 rings (SSSR count). The van der Waals surface area contributed by atoms with E-state index in [1.54, 1.807) is 7.11 Å². The van der Waals surface area contributed by atoms with Crippen molar-refractivity contribution in [2.75, 3.05) is 12.4 Å². The van der Waals surface area contributed by atoms with Gasteiger partial charge in [-0.15, -0.1) is 0 Å². The lowest BCUT2D eigenvalue weighted by molar-refractivity contribution is 0.284. The Balaban J connectivity index is 1.67. The maximum Gasteiger partial charge on any atom is 0.161 e. The third-order valence-electron chi connectivity index (χ3n) is 4.19. The van der Waals surface area contributed by atoms with Gasteiger partial charge in [-0.3, -0.25) is 0 Å². The molecule has 0 fully saturated rings. The standard InChI is InChI=1S/C22H21Cl2NO2/c1-15-6-8-19(24)12-20(15)25-13-16-7-9-21(22(11-16)26-2)27-14-17-4-3-5-18(23)10-17/h3-12,25H,13-14H2,1-2H3. The summed E-state index contributed by atoms with van der Waals surface area (Å²) in [5.41, 5.74) is 4.25. The summed E-state index contributed by atoms with van der Waals surface area (Å²) in [5.74, 6) is 1.39. The average molecular weight is 402 g/mol. The molecule has 0 unspecified atom stereocenters. The van der Waals surface area contributed by atoms with Gasteiger partial charge in [0.15, 0.2) is 11.5 Å². The Labute approximate surface area is 169 Å². The molecule has 0 saturated carbocycles. The van der Waals surface area contributed by atoms with Crippen LogP contribution in [0.25, 0.3) is 0 Å². The molecule has 0 amide bonds. The smallest absolute Gasteiger partial charge is 0.161 e. The highest BCUT2D eigenvalue weighted by Crippen LogP contribution is 2.30. The fourth-order valence-electron chi connectivity index (χ4n) is 2.71. The average Bonchev–Trinajstić information content (AvgIpc) is 2.67. The molecule has 0 aliphatic carbocycles. The van der Waals surface area contributed by atoms with Gasteiger partial charge < -0.3 is 14.8 Å². The largest absolute Gasteiger partial charge is 0.493 e. The molecule has 0 aliphatic heterocycles. The number of anilines is 1. The Morgan fingerprint density at radius 3 is 2.44 bits per heavy atom. The monoisotopic (exact) mass is 401 g/mol. The summed E-state index contributed by atoms with van der Waals surface area (Å²) in [6.45, 7) is 3.13. The molecule has 3 aromatic carbocycles. The quantitative estimate of drug-likeness (QED) is 0.489. The van der Waals surface area contributed by atoms with Gasteiger partial charge in [0, 0.05) is 22.3 Å². The van der Waals surface area contributed by atoms with Crippen molar-refractivity contribution in [3.8, 4) is 11.5 Å². The molecule has 0 spiro atoms. The minimum Gasteiger partial charge on any atom is -0.493 e. The first-order valence-electron chi connectivity index (χ1n) is 8.59. The molecule has 5 heteroatoms. The third-order valence-corrected chi connectivity index (χ3v) is 4.66. The van der Waals surface area contributed by atoms with Crippen molar-refractivity contribution in [2.45, 2.75) is 20.1 Å². The molecule has 0 atom stereocenters. The third kappa shape index (κ3) is 5.31. The number of methoxy groups -OCH3 is 1. The topological polar surface area (TPSA) is 30.5 Å². The highest BCUT2D eigenvalue weighted by atomic mass is 35.5. The van der Waals surface area contributed by atoms with Crippen LogP contribution < -0.4 is 14.8 Å². The van der Waals surface area contributed by atoms with Crippen molar-refractivity contribution in [1.82, 2.24) is 0 Å². The van der Waals surface area contributed by atoms with Gasteiger partial charge in [-0.1, -0.05) is 47.5 Å². The number of hydrogen-bond donors (Lipinski definition) is 1. The van der Waals surface area contributed by atoms with Crippen LogP contribution in [0.1, 0.15) is 16.7 Å². The molecule has 27 heavy (non-hydrogen) atoms. The Bertz CT molecular complexity index is 928. The molecule has 140 valence electrons. The first-order valence-corrected chi connectivity index (χ1v) is 9.35. The predicted octanol–water partition coefficient (Wildman–Crippen LogP) is 6.50. The Morgan fingerprint density at radius 1 is 0.852 bits per heavy atom. The molecular weight excluding hydrogens is 381 g/mol. The molecular formula is C22H21Cl2NO2. The van der Waals surface area contributed by atoms with Crippen molar-refractivity contribution in [3.63, 3.8) is 0 Å². The lowest BCUT2D eigenvalue weighted by Crippen LogP contribution is -2.03. The van der Waals surface area contributed by atoms with Crippen molar-refractivity contribution in [2.24, 2.45) is 0 Å². The molecule has 0 heterocycles. The van der Waals surface area contributed by atoms with E-state index in [2.05, 4.69) is 5.32 Å². The van der Waals surface area contributed by atoms with Crippen LogP contribution >= 0.6 is 23.2 Å². The van der Waals surface area contributed by atoms with Crippen molar-refractivity contribution in [3.05, 3.63) is 87.4 Å². The normalized spacial score (nSPS) is 10.5. The molecule has 0 bridgehead atoms. The minimum atomic E-state index is 0.427. The second-order valence-electron chi connectivity index (χ2n) is 6.22. The molecule has 0 aliphatic rings. The van der Waals surface area contributed by atoms with E-state index >= 15 is 0 Å². The predicted molar refractivity (Wildman–Crippen MR) is 112 cm³/mol. The van der Waals surface area contributed by atoms with Gasteiger partial charge in [0.1, 0.15) is 6.61 Å².